The van der Waals surface area contributed by atoms with Gasteiger partial charge in [-0.1, -0.05) is 0 Å². The molecule has 1 aromatic heterocycles. The van der Waals surface area contributed by atoms with Gasteiger partial charge in [0.15, 0.2) is 0 Å². The van der Waals surface area contributed by atoms with E-state index in [1.54, 1.807) is 0 Å². The van der Waals surface area contributed by atoms with E-state index in [0.717, 1.165) is 6.20 Å². The number of rotatable bonds is 2. The Bertz CT molecular complexity index is 301. The Balaban J connectivity index is 3.17. The molecule has 3 nitrogen and oxygen atoms in total. The van der Waals surface area contributed by atoms with E-state index in [9.17, 15) is 13.6 Å². The van der Waals surface area contributed by atoms with Crippen LogP contribution in [-0.2, 0) is 0 Å². The number of halogens is 2. The van der Waals surface area contributed by atoms with Gasteiger partial charge in [0.25, 0.3) is 6.43 Å². The molecule has 5 heteroatoms. The smallest absolute Gasteiger partial charge is 0.266 e. The molecule has 0 aromatic carbocycles. The molecule has 0 saturated carbocycles. The van der Waals surface area contributed by atoms with Gasteiger partial charge in [-0.25, -0.2) is 8.78 Å². The van der Waals surface area contributed by atoms with E-state index < -0.39 is 17.9 Å². The molecule has 0 bridgehead atoms. The highest BCUT2D eigenvalue weighted by molar-refractivity contribution is 5.94. The van der Waals surface area contributed by atoms with E-state index in [2.05, 4.69) is 4.98 Å². The minimum absolute atomic E-state index is 0.181. The highest BCUT2D eigenvalue weighted by atomic mass is 19.3. The summed E-state index contributed by atoms with van der Waals surface area (Å²) in [6.07, 6.45) is -0.544. The highest BCUT2D eigenvalue weighted by Crippen LogP contribution is 2.20. The maximum Gasteiger partial charge on any atom is 0.266 e. The monoisotopic (exact) mass is 172 g/mol. The van der Waals surface area contributed by atoms with Crippen LogP contribution < -0.4 is 5.73 Å². The molecule has 12 heavy (non-hydrogen) atoms. The number of hydrogen-bond acceptors (Lipinski definition) is 2. The van der Waals surface area contributed by atoms with Crippen molar-refractivity contribution in [2.45, 2.75) is 6.43 Å². The third-order valence-electron chi connectivity index (χ3n) is 1.35. The van der Waals surface area contributed by atoms with E-state index in [1.807, 2.05) is 0 Å². The van der Waals surface area contributed by atoms with Crippen molar-refractivity contribution in [3.8, 4) is 0 Å². The zero-order chi connectivity index (χ0) is 9.14. The van der Waals surface area contributed by atoms with Gasteiger partial charge in [0.2, 0.25) is 5.91 Å². The fourth-order valence-electron chi connectivity index (χ4n) is 0.805. The Kier molecular flexibility index (Phi) is 2.32. The normalized spacial score (nSPS) is 10.2. The summed E-state index contributed by atoms with van der Waals surface area (Å²) in [6, 6.07) is 1.17. The molecule has 64 valence electrons. The van der Waals surface area contributed by atoms with Gasteiger partial charge in [-0.05, 0) is 6.07 Å². The van der Waals surface area contributed by atoms with Crippen LogP contribution in [0.15, 0.2) is 18.5 Å². The van der Waals surface area contributed by atoms with Crippen molar-refractivity contribution in [1.29, 1.82) is 0 Å². The summed E-state index contributed by atoms with van der Waals surface area (Å²) in [5.74, 6) is -0.868. The van der Waals surface area contributed by atoms with Gasteiger partial charge in [-0.15, -0.1) is 0 Å². The molecule has 2 N–H and O–H groups in total. The van der Waals surface area contributed by atoms with E-state index in [0.29, 0.717) is 0 Å². The summed E-state index contributed by atoms with van der Waals surface area (Å²) in [5, 5.41) is 0. The predicted molar refractivity (Wildman–Crippen MR) is 37.7 cm³/mol. The number of carbonyl (C=O) groups excluding carboxylic acids is 1. The first-order chi connectivity index (χ1) is 5.63. The summed E-state index contributed by atoms with van der Waals surface area (Å²) in [6.45, 7) is 0. The molecule has 0 unspecified atom stereocenters. The molecule has 0 atom stereocenters. The molecular weight excluding hydrogens is 166 g/mol. The first-order valence-corrected chi connectivity index (χ1v) is 3.14. The third kappa shape index (κ3) is 1.55. The van der Waals surface area contributed by atoms with E-state index in [-0.39, 0.29) is 5.56 Å². The molecule has 0 saturated heterocycles. The predicted octanol–water partition coefficient (Wildman–Crippen LogP) is 1.12. The van der Waals surface area contributed by atoms with Crippen molar-refractivity contribution in [3.05, 3.63) is 29.6 Å². The largest absolute Gasteiger partial charge is 0.366 e. The Labute approximate surface area is 67.2 Å². The minimum atomic E-state index is -2.72. The Morgan fingerprint density at radius 1 is 1.58 bits per heavy atom. The lowest BCUT2D eigenvalue weighted by atomic mass is 10.1. The van der Waals surface area contributed by atoms with Crippen LogP contribution in [0, 0.1) is 0 Å². The fourth-order valence-corrected chi connectivity index (χ4v) is 0.805. The van der Waals surface area contributed by atoms with Gasteiger partial charge >= 0.3 is 0 Å². The van der Waals surface area contributed by atoms with Gasteiger partial charge in [-0.3, -0.25) is 9.78 Å². The first kappa shape index (κ1) is 8.58. The number of nitrogens with zero attached hydrogens (tertiary/aromatic N) is 1. The van der Waals surface area contributed by atoms with Crippen LogP contribution in [0.5, 0.6) is 0 Å². The Hall–Kier alpha value is -1.52. The van der Waals surface area contributed by atoms with Crippen LogP contribution >= 0.6 is 0 Å². The van der Waals surface area contributed by atoms with Crippen LogP contribution in [0.3, 0.4) is 0 Å². The number of hydrogen-bond donors (Lipinski definition) is 1. The number of carbonyl (C=O) groups is 1. The molecule has 0 aliphatic heterocycles. The lowest BCUT2D eigenvalue weighted by Gasteiger charge is -2.02. The molecule has 1 aromatic rings. The van der Waals surface area contributed by atoms with Crippen molar-refractivity contribution in [2.24, 2.45) is 5.73 Å². The molecular formula is C7H6F2N2O. The first-order valence-electron chi connectivity index (χ1n) is 3.14. The van der Waals surface area contributed by atoms with Crippen molar-refractivity contribution in [2.75, 3.05) is 0 Å². The van der Waals surface area contributed by atoms with Crippen LogP contribution in [0.25, 0.3) is 0 Å². The number of nitrogens with two attached hydrogens (primary N) is 1. The van der Waals surface area contributed by atoms with Gasteiger partial charge in [-0.2, -0.15) is 0 Å². The molecule has 0 aliphatic rings. The second-order valence-electron chi connectivity index (χ2n) is 2.13. The molecule has 1 heterocycles. The van der Waals surface area contributed by atoms with Crippen molar-refractivity contribution < 1.29 is 13.6 Å². The van der Waals surface area contributed by atoms with E-state index >= 15 is 0 Å². The summed E-state index contributed by atoms with van der Waals surface area (Å²) in [4.78, 5) is 14.0. The lowest BCUT2D eigenvalue weighted by molar-refractivity contribution is 0.0986. The van der Waals surface area contributed by atoms with Crippen molar-refractivity contribution in [1.82, 2.24) is 4.98 Å². The third-order valence-corrected chi connectivity index (χ3v) is 1.35. The van der Waals surface area contributed by atoms with Crippen LogP contribution in [0.2, 0.25) is 0 Å². The van der Waals surface area contributed by atoms with Crippen LogP contribution in [0.4, 0.5) is 8.78 Å². The number of primary amides is 1. The van der Waals surface area contributed by atoms with E-state index in [4.69, 9.17) is 5.73 Å². The topological polar surface area (TPSA) is 56.0 Å². The van der Waals surface area contributed by atoms with Gasteiger partial charge in [0.1, 0.15) is 0 Å². The summed E-state index contributed by atoms with van der Waals surface area (Å²) < 4.78 is 24.3. The van der Waals surface area contributed by atoms with Crippen molar-refractivity contribution in [3.63, 3.8) is 0 Å². The summed E-state index contributed by atoms with van der Waals surface area (Å²) >= 11 is 0. The average molecular weight is 172 g/mol. The highest BCUT2D eigenvalue weighted by Gasteiger charge is 2.15. The SMILES string of the molecule is NC(=O)c1ccncc1C(F)F. The number of pyridine rings is 1. The maximum absolute atomic E-state index is 12.1. The Morgan fingerprint density at radius 2 is 2.25 bits per heavy atom. The average Bonchev–Trinajstić information content (AvgIpc) is 2.04. The second kappa shape index (κ2) is 3.25. The molecule has 0 spiro atoms. The van der Waals surface area contributed by atoms with Gasteiger partial charge in [0.05, 0.1) is 5.56 Å². The summed E-state index contributed by atoms with van der Waals surface area (Å²) in [5.41, 5.74) is 4.25. The van der Waals surface area contributed by atoms with Gasteiger partial charge in [0, 0.05) is 18.0 Å². The number of aromatic nitrogens is 1. The second-order valence-corrected chi connectivity index (χ2v) is 2.13. The minimum Gasteiger partial charge on any atom is -0.366 e. The number of alkyl halides is 2. The molecule has 0 radical (unpaired) electrons. The van der Waals surface area contributed by atoms with Crippen LogP contribution in [-0.4, -0.2) is 10.9 Å². The maximum atomic E-state index is 12.1. The van der Waals surface area contributed by atoms with Gasteiger partial charge < -0.3 is 5.73 Å². The lowest BCUT2D eigenvalue weighted by Crippen LogP contribution is -2.14. The Morgan fingerprint density at radius 3 is 2.67 bits per heavy atom. The zero-order valence-electron chi connectivity index (χ0n) is 6.00. The molecule has 0 aliphatic carbocycles. The quantitative estimate of drug-likeness (QED) is 0.726. The van der Waals surface area contributed by atoms with E-state index in [1.165, 1.54) is 12.3 Å². The summed E-state index contributed by atoms with van der Waals surface area (Å²) in [7, 11) is 0. The molecule has 1 rings (SSSR count). The molecule has 1 amide bonds. The zero-order valence-corrected chi connectivity index (χ0v) is 6.00. The standard InChI is InChI=1S/C7H6F2N2O/c8-6(9)5-3-11-2-1-4(5)7(10)12/h1-3,6H,(H2,10,12). The van der Waals surface area contributed by atoms with Crippen molar-refractivity contribution >= 4 is 5.91 Å². The molecule has 0 fully saturated rings. The number of amides is 1. The fraction of sp³-hybridized carbons (Fsp3) is 0.143. The van der Waals surface area contributed by atoms with Crippen LogP contribution in [0.1, 0.15) is 22.3 Å².